The Balaban J connectivity index is 0.00000380. The van der Waals surface area contributed by atoms with Gasteiger partial charge in [-0.2, -0.15) is 0 Å². The molecule has 0 radical (unpaired) electrons. The molecule has 0 fully saturated rings. The van der Waals surface area contributed by atoms with Gasteiger partial charge >= 0.3 is 35.2 Å². The fraction of sp³-hybridized carbons (Fsp3) is 0.174. The van der Waals surface area contributed by atoms with Crippen LogP contribution in [-0.2, 0) is 24.1 Å². The number of halogens is 2. The second-order valence-electron chi connectivity index (χ2n) is 8.22. The van der Waals surface area contributed by atoms with E-state index in [9.17, 15) is 27.2 Å². The molecule has 0 bridgehead atoms. The van der Waals surface area contributed by atoms with E-state index in [2.05, 4.69) is 10.0 Å². The van der Waals surface area contributed by atoms with Crippen molar-refractivity contribution in [3.05, 3.63) is 88.6 Å². The van der Waals surface area contributed by atoms with E-state index >= 15 is 0 Å². The van der Waals surface area contributed by atoms with Crippen LogP contribution in [0.5, 0.6) is 0 Å². The van der Waals surface area contributed by atoms with Gasteiger partial charge in [-0.05, 0) is 65.9 Å². The predicted molar refractivity (Wildman–Crippen MR) is 153 cm³/mol. The van der Waals surface area contributed by atoms with Crippen molar-refractivity contribution in [2.45, 2.75) is 6.92 Å². The molecule has 0 aliphatic heterocycles. The number of benzene rings is 2. The van der Waals surface area contributed by atoms with Gasteiger partial charge in [0, 0.05) is 23.2 Å². The molecule has 4 rings (SSSR count). The van der Waals surface area contributed by atoms with E-state index in [1.165, 1.54) is 55.9 Å². The van der Waals surface area contributed by atoms with Crippen molar-refractivity contribution in [2.75, 3.05) is 16.3 Å². The van der Waals surface area contributed by atoms with E-state index in [1.807, 2.05) is 22.6 Å². The van der Waals surface area contributed by atoms with Crippen LogP contribution in [0.15, 0.2) is 56.8 Å². The van der Waals surface area contributed by atoms with Crippen molar-refractivity contribution in [1.29, 1.82) is 0 Å². The summed E-state index contributed by atoms with van der Waals surface area (Å²) in [4.78, 5) is 39.9. The third-order valence-electron chi connectivity index (χ3n) is 5.60. The second kappa shape index (κ2) is 10.7. The molecule has 0 aliphatic rings. The molecule has 0 aliphatic carbocycles. The van der Waals surface area contributed by atoms with Crippen LogP contribution in [0, 0.1) is 16.3 Å². The first-order valence-electron chi connectivity index (χ1n) is 10.5. The van der Waals surface area contributed by atoms with Gasteiger partial charge in [0.15, 0.2) is 0 Å². The number of hydrogen-bond donors (Lipinski definition) is 2. The molecular weight excluding hydrogens is 627 g/mol. The maximum atomic E-state index is 14.7. The number of pyridine rings is 1. The van der Waals surface area contributed by atoms with Crippen molar-refractivity contribution in [2.24, 2.45) is 14.1 Å². The van der Waals surface area contributed by atoms with Crippen LogP contribution in [0.2, 0.25) is 0 Å². The number of aromatic nitrogens is 3. The molecule has 37 heavy (non-hydrogen) atoms. The molecule has 4 aromatic rings. The van der Waals surface area contributed by atoms with Gasteiger partial charge in [-0.1, -0.05) is 6.07 Å². The Kier molecular flexibility index (Phi) is 8.44. The van der Waals surface area contributed by atoms with Gasteiger partial charge in [-0.3, -0.25) is 28.0 Å². The standard InChI is InChI=1S/C23H21FIN5O5S.Na.H/c1-12-19-18(20(28(2)21(12)31)26-17-9-8-13(25)10-16(17)24)22(32)29(3)23(33)30(19)15-7-5-6-14(11-15)27-36(4,34)35;;/h5-11,26-27H,1-4H3;;. The Morgan fingerprint density at radius 2 is 1.65 bits per heavy atom. The van der Waals surface area contributed by atoms with E-state index in [0.29, 0.717) is 3.57 Å². The molecule has 0 saturated carbocycles. The van der Waals surface area contributed by atoms with Gasteiger partial charge in [0.25, 0.3) is 11.1 Å². The van der Waals surface area contributed by atoms with Gasteiger partial charge < -0.3 is 5.32 Å². The molecule has 2 aromatic carbocycles. The molecule has 2 heterocycles. The van der Waals surface area contributed by atoms with Crippen LogP contribution in [0.25, 0.3) is 16.6 Å². The Morgan fingerprint density at radius 3 is 2.27 bits per heavy atom. The molecular formula is C23H22FIN5NaO5S. The van der Waals surface area contributed by atoms with Crippen molar-refractivity contribution >= 4 is 90.3 Å². The van der Waals surface area contributed by atoms with Crippen molar-refractivity contribution in [1.82, 2.24) is 13.7 Å². The fourth-order valence-corrected chi connectivity index (χ4v) is 4.94. The number of nitrogens with zero attached hydrogens (tertiary/aromatic N) is 3. The number of sulfonamides is 1. The summed E-state index contributed by atoms with van der Waals surface area (Å²) >= 11 is 1.96. The summed E-state index contributed by atoms with van der Waals surface area (Å²) in [5, 5.41) is 2.83. The SMILES string of the molecule is Cc1c(=O)n(C)c(Nc2ccc(I)cc2F)c2c(=O)n(C)c(=O)n(-c3cccc(NS(C)(=O)=O)c3)c12.[NaH]. The number of rotatable bonds is 5. The number of hydrogen-bond acceptors (Lipinski definition) is 6. The zero-order valence-electron chi connectivity index (χ0n) is 19.6. The Labute approximate surface area is 246 Å². The first kappa shape index (κ1) is 29.1. The van der Waals surface area contributed by atoms with Crippen LogP contribution >= 0.6 is 22.6 Å². The third kappa shape index (κ3) is 5.55. The topological polar surface area (TPSA) is 124 Å². The van der Waals surface area contributed by atoms with Gasteiger partial charge in [0.05, 0.1) is 28.8 Å². The summed E-state index contributed by atoms with van der Waals surface area (Å²) in [6.45, 7) is 1.48. The molecule has 0 spiro atoms. The Bertz CT molecular complexity index is 1850. The fourth-order valence-electron chi connectivity index (χ4n) is 3.93. The molecule has 0 atom stereocenters. The average Bonchev–Trinajstić information content (AvgIpc) is 2.79. The summed E-state index contributed by atoms with van der Waals surface area (Å²) in [6, 6.07) is 10.4. The predicted octanol–water partition coefficient (Wildman–Crippen LogP) is 1.91. The van der Waals surface area contributed by atoms with Crippen molar-refractivity contribution in [3.8, 4) is 5.69 Å². The first-order chi connectivity index (χ1) is 16.8. The molecule has 10 nitrogen and oxygen atoms in total. The number of nitrogens with one attached hydrogen (secondary N) is 2. The molecule has 0 unspecified atom stereocenters. The molecule has 190 valence electrons. The summed E-state index contributed by atoms with van der Waals surface area (Å²) in [7, 11) is -0.880. The van der Waals surface area contributed by atoms with Crippen molar-refractivity contribution in [3.63, 3.8) is 0 Å². The zero-order chi connectivity index (χ0) is 26.5. The van der Waals surface area contributed by atoms with Gasteiger partial charge in [-0.25, -0.2) is 17.6 Å². The Hall–Kier alpha value is -2.46. The number of fused-ring (bicyclic) bond motifs is 1. The van der Waals surface area contributed by atoms with Crippen LogP contribution < -0.4 is 26.8 Å². The van der Waals surface area contributed by atoms with Crippen molar-refractivity contribution < 1.29 is 12.8 Å². The van der Waals surface area contributed by atoms with E-state index in [1.54, 1.807) is 12.1 Å². The van der Waals surface area contributed by atoms with E-state index in [-0.39, 0.29) is 68.9 Å². The maximum absolute atomic E-state index is 14.7. The third-order valence-corrected chi connectivity index (χ3v) is 6.88. The van der Waals surface area contributed by atoms with Crippen LogP contribution in [0.3, 0.4) is 0 Å². The average molecular weight is 649 g/mol. The quantitative estimate of drug-likeness (QED) is 0.252. The minimum atomic E-state index is -3.60. The molecule has 2 N–H and O–H groups in total. The second-order valence-corrected chi connectivity index (χ2v) is 11.2. The van der Waals surface area contributed by atoms with E-state index in [4.69, 9.17) is 0 Å². The molecule has 2 aromatic heterocycles. The van der Waals surface area contributed by atoms with Gasteiger partial charge in [-0.15, -0.1) is 0 Å². The number of anilines is 3. The molecule has 0 amide bonds. The minimum absolute atomic E-state index is 0. The monoisotopic (exact) mass is 649 g/mol. The summed E-state index contributed by atoms with van der Waals surface area (Å²) in [6.07, 6.45) is 0.989. The van der Waals surface area contributed by atoms with E-state index in [0.717, 1.165) is 15.4 Å². The molecule has 14 heteroatoms. The summed E-state index contributed by atoms with van der Waals surface area (Å²) in [5.41, 5.74) is -1.37. The normalized spacial score (nSPS) is 11.3. The zero-order valence-corrected chi connectivity index (χ0v) is 22.6. The van der Waals surface area contributed by atoms with E-state index < -0.39 is 32.6 Å². The van der Waals surface area contributed by atoms with Crippen LogP contribution in [0.1, 0.15) is 5.56 Å². The summed E-state index contributed by atoms with van der Waals surface area (Å²) < 4.78 is 44.3. The van der Waals surface area contributed by atoms with Crippen LogP contribution in [-0.4, -0.2) is 57.9 Å². The van der Waals surface area contributed by atoms with Gasteiger partial charge in [0.1, 0.15) is 17.0 Å². The van der Waals surface area contributed by atoms with Crippen LogP contribution in [0.4, 0.5) is 21.6 Å². The molecule has 0 saturated heterocycles. The number of aryl methyl sites for hydroxylation is 1. The Morgan fingerprint density at radius 1 is 0.973 bits per heavy atom. The first-order valence-corrected chi connectivity index (χ1v) is 13.4. The summed E-state index contributed by atoms with van der Waals surface area (Å²) in [5.74, 6) is -0.590. The van der Waals surface area contributed by atoms with Gasteiger partial charge in [0.2, 0.25) is 10.0 Å².